The van der Waals surface area contributed by atoms with Gasteiger partial charge in [-0.15, -0.1) is 0 Å². The quantitative estimate of drug-likeness (QED) is 0.633. The van der Waals surface area contributed by atoms with Crippen LogP contribution in [0.1, 0.15) is 55.8 Å². The number of hydrogen-bond acceptors (Lipinski definition) is 5. The van der Waals surface area contributed by atoms with Crippen molar-refractivity contribution in [2.24, 2.45) is 16.8 Å². The lowest BCUT2D eigenvalue weighted by Gasteiger charge is -2.28. The molecule has 5 nitrogen and oxygen atoms in total. The summed E-state index contributed by atoms with van der Waals surface area (Å²) in [6.07, 6.45) is 2.81. The standard InChI is InChI=1S/C22H28F3N5/c1-3-14-6-8-15(9-7-14)13-29-18-11-10-17(22(23,24)25)20(30-18)19(27-2)16-5-4-12-28-21(16)26/h4-5,10-12,14-15H,3,6-9,13H2,1-2H3,(H2,26,28)(H,29,30). The minimum absolute atomic E-state index is 0.0695. The average Bonchev–Trinajstić information content (AvgIpc) is 2.74. The molecule has 0 bridgehead atoms. The van der Waals surface area contributed by atoms with Crippen LogP contribution in [-0.2, 0) is 6.18 Å². The van der Waals surface area contributed by atoms with Crippen molar-refractivity contribution in [2.45, 2.75) is 45.2 Å². The number of aromatic nitrogens is 2. The fraction of sp³-hybridized carbons (Fsp3) is 0.500. The fourth-order valence-electron chi connectivity index (χ4n) is 4.03. The molecule has 0 radical (unpaired) electrons. The van der Waals surface area contributed by atoms with Crippen molar-refractivity contribution < 1.29 is 13.2 Å². The monoisotopic (exact) mass is 419 g/mol. The summed E-state index contributed by atoms with van der Waals surface area (Å²) in [5, 5.41) is 3.23. The molecule has 3 N–H and O–H groups in total. The zero-order valence-electron chi connectivity index (χ0n) is 17.3. The van der Waals surface area contributed by atoms with Gasteiger partial charge in [0, 0.05) is 25.4 Å². The lowest BCUT2D eigenvalue weighted by Crippen LogP contribution is -2.22. The number of pyridine rings is 2. The van der Waals surface area contributed by atoms with E-state index >= 15 is 0 Å². The summed E-state index contributed by atoms with van der Waals surface area (Å²) >= 11 is 0. The Balaban J connectivity index is 1.87. The Bertz CT molecular complexity index is 887. The molecule has 1 saturated carbocycles. The van der Waals surface area contributed by atoms with Gasteiger partial charge < -0.3 is 11.1 Å². The number of nitrogens with two attached hydrogens (primary N) is 1. The summed E-state index contributed by atoms with van der Waals surface area (Å²) in [7, 11) is 1.43. The maximum atomic E-state index is 13.7. The van der Waals surface area contributed by atoms with E-state index < -0.39 is 11.7 Å². The Morgan fingerprint density at radius 3 is 2.47 bits per heavy atom. The number of nitrogen functional groups attached to an aromatic ring is 1. The van der Waals surface area contributed by atoms with Crippen molar-refractivity contribution in [1.82, 2.24) is 9.97 Å². The number of rotatable bonds is 6. The molecule has 8 heteroatoms. The highest BCUT2D eigenvalue weighted by Gasteiger charge is 2.36. The van der Waals surface area contributed by atoms with Crippen LogP contribution in [0.4, 0.5) is 24.8 Å². The third-order valence-electron chi connectivity index (χ3n) is 5.86. The second-order valence-electron chi connectivity index (χ2n) is 7.77. The number of hydrogen-bond donors (Lipinski definition) is 2. The number of halogens is 3. The highest BCUT2D eigenvalue weighted by molar-refractivity contribution is 6.15. The SMILES string of the molecule is CCC1CCC(CNc2ccc(C(F)(F)F)c(C(=NC)c3cccnc3N)n2)CC1. The number of anilines is 2. The lowest BCUT2D eigenvalue weighted by molar-refractivity contribution is -0.137. The van der Waals surface area contributed by atoms with Crippen molar-refractivity contribution in [3.05, 3.63) is 47.3 Å². The van der Waals surface area contributed by atoms with Crippen LogP contribution < -0.4 is 11.1 Å². The molecule has 1 aliphatic carbocycles. The van der Waals surface area contributed by atoms with Crippen molar-refractivity contribution in [3.8, 4) is 0 Å². The zero-order valence-corrected chi connectivity index (χ0v) is 17.3. The first kappa shape index (κ1) is 22.1. The third kappa shape index (κ3) is 5.09. The van der Waals surface area contributed by atoms with Crippen LogP contribution >= 0.6 is 0 Å². The molecule has 1 fully saturated rings. The molecule has 0 saturated heterocycles. The highest BCUT2D eigenvalue weighted by atomic mass is 19.4. The molecular weight excluding hydrogens is 391 g/mol. The van der Waals surface area contributed by atoms with E-state index in [9.17, 15) is 13.2 Å². The van der Waals surface area contributed by atoms with Crippen molar-refractivity contribution in [3.63, 3.8) is 0 Å². The predicted molar refractivity (Wildman–Crippen MR) is 114 cm³/mol. The molecule has 3 rings (SSSR count). The summed E-state index contributed by atoms with van der Waals surface area (Å²) in [5.74, 6) is 1.82. The van der Waals surface area contributed by atoms with E-state index in [2.05, 4.69) is 27.2 Å². The zero-order chi connectivity index (χ0) is 21.7. The van der Waals surface area contributed by atoms with E-state index in [-0.39, 0.29) is 17.2 Å². The normalized spacial score (nSPS) is 20.2. The maximum absolute atomic E-state index is 13.7. The second-order valence-corrected chi connectivity index (χ2v) is 7.77. The van der Waals surface area contributed by atoms with Gasteiger partial charge in [-0.1, -0.05) is 26.2 Å². The Hall–Kier alpha value is -2.64. The van der Waals surface area contributed by atoms with Gasteiger partial charge in [-0.2, -0.15) is 13.2 Å². The molecule has 1 aliphatic rings. The molecule has 0 spiro atoms. The van der Waals surface area contributed by atoms with Gasteiger partial charge in [-0.3, -0.25) is 4.99 Å². The van der Waals surface area contributed by atoms with Gasteiger partial charge in [0.05, 0.1) is 11.3 Å². The molecule has 2 heterocycles. The first-order chi connectivity index (χ1) is 14.3. The fourth-order valence-corrected chi connectivity index (χ4v) is 4.03. The van der Waals surface area contributed by atoms with Crippen LogP contribution in [0.2, 0.25) is 0 Å². The van der Waals surface area contributed by atoms with Gasteiger partial charge in [0.2, 0.25) is 0 Å². The van der Waals surface area contributed by atoms with Gasteiger partial charge >= 0.3 is 6.18 Å². The number of nitrogens with zero attached hydrogens (tertiary/aromatic N) is 3. The Morgan fingerprint density at radius 2 is 1.87 bits per heavy atom. The molecule has 0 aromatic carbocycles. The van der Waals surface area contributed by atoms with Crippen LogP contribution in [0.5, 0.6) is 0 Å². The van der Waals surface area contributed by atoms with Crippen molar-refractivity contribution in [1.29, 1.82) is 0 Å². The highest BCUT2D eigenvalue weighted by Crippen LogP contribution is 2.34. The minimum Gasteiger partial charge on any atom is -0.383 e. The van der Waals surface area contributed by atoms with Crippen molar-refractivity contribution >= 4 is 17.3 Å². The summed E-state index contributed by atoms with van der Waals surface area (Å²) in [5.41, 5.74) is 5.20. The van der Waals surface area contributed by atoms with E-state index in [1.54, 1.807) is 12.1 Å². The maximum Gasteiger partial charge on any atom is 0.418 e. The molecule has 0 unspecified atom stereocenters. The molecule has 30 heavy (non-hydrogen) atoms. The summed E-state index contributed by atoms with van der Waals surface area (Å²) in [6.45, 7) is 2.92. The van der Waals surface area contributed by atoms with E-state index in [1.165, 1.54) is 38.6 Å². The van der Waals surface area contributed by atoms with Crippen LogP contribution in [-0.4, -0.2) is 29.3 Å². The average molecular weight is 419 g/mol. The number of alkyl halides is 3. The van der Waals surface area contributed by atoms with Crippen LogP contribution in [0.15, 0.2) is 35.5 Å². The topological polar surface area (TPSA) is 76.2 Å². The number of nitrogens with one attached hydrogen (secondary N) is 1. The smallest absolute Gasteiger partial charge is 0.383 e. The number of aliphatic imine (C=N–C) groups is 1. The largest absolute Gasteiger partial charge is 0.418 e. The Kier molecular flexibility index (Phi) is 6.95. The first-order valence-corrected chi connectivity index (χ1v) is 10.3. The van der Waals surface area contributed by atoms with E-state index in [0.29, 0.717) is 23.8 Å². The van der Waals surface area contributed by atoms with Gasteiger partial charge in [-0.25, -0.2) is 9.97 Å². The van der Waals surface area contributed by atoms with Crippen LogP contribution in [0.25, 0.3) is 0 Å². The van der Waals surface area contributed by atoms with Crippen LogP contribution in [0.3, 0.4) is 0 Å². The second kappa shape index (κ2) is 9.45. The Labute approximate surface area is 175 Å². The van der Waals surface area contributed by atoms with Gasteiger partial charge in [0.15, 0.2) is 0 Å². The third-order valence-corrected chi connectivity index (χ3v) is 5.86. The molecular formula is C22H28F3N5. The molecule has 2 aromatic rings. The van der Waals surface area contributed by atoms with E-state index in [1.807, 2.05) is 0 Å². The minimum atomic E-state index is -4.56. The summed E-state index contributed by atoms with van der Waals surface area (Å²) in [6, 6.07) is 5.64. The lowest BCUT2D eigenvalue weighted by atomic mass is 9.81. The molecule has 0 atom stereocenters. The molecule has 162 valence electrons. The van der Waals surface area contributed by atoms with Gasteiger partial charge in [0.1, 0.15) is 17.3 Å². The van der Waals surface area contributed by atoms with Crippen molar-refractivity contribution in [2.75, 3.05) is 24.6 Å². The summed E-state index contributed by atoms with van der Waals surface area (Å²) in [4.78, 5) is 12.3. The molecule has 2 aromatic heterocycles. The molecule has 0 amide bonds. The van der Waals surface area contributed by atoms with Gasteiger partial charge in [0.25, 0.3) is 0 Å². The van der Waals surface area contributed by atoms with Gasteiger partial charge in [-0.05, 0) is 48.9 Å². The molecule has 0 aliphatic heterocycles. The van der Waals surface area contributed by atoms with E-state index in [4.69, 9.17) is 5.73 Å². The van der Waals surface area contributed by atoms with Crippen LogP contribution in [0, 0.1) is 11.8 Å². The first-order valence-electron chi connectivity index (χ1n) is 10.3. The predicted octanol–water partition coefficient (Wildman–Crippen LogP) is 5.17. The summed E-state index contributed by atoms with van der Waals surface area (Å²) < 4.78 is 41.0. The Morgan fingerprint density at radius 1 is 1.17 bits per heavy atom. The van der Waals surface area contributed by atoms with E-state index in [0.717, 1.165) is 24.8 Å².